The first kappa shape index (κ1) is 16.5. The van der Waals surface area contributed by atoms with Crippen molar-refractivity contribution < 1.29 is 14.7 Å². The second-order valence-corrected chi connectivity index (χ2v) is 7.51. The van der Waals surface area contributed by atoms with Crippen LogP contribution in [0.3, 0.4) is 0 Å². The van der Waals surface area contributed by atoms with Crippen LogP contribution in [0, 0.1) is 5.92 Å². The van der Waals surface area contributed by atoms with Crippen LogP contribution in [0.4, 0.5) is 5.69 Å². The van der Waals surface area contributed by atoms with Crippen LogP contribution in [0.5, 0.6) is 0 Å². The lowest BCUT2D eigenvalue weighted by Crippen LogP contribution is -2.49. The number of carbonyl (C=O) groups is 2. The number of ketones is 1. The molecule has 2 aromatic carbocycles. The Kier molecular flexibility index (Phi) is 3.81. The number of hydrogen-bond donors (Lipinski definition) is 1. The van der Waals surface area contributed by atoms with E-state index in [9.17, 15) is 14.7 Å². The number of likely N-dealkylation sites (N-methyl/N-ethyl adjacent to an activating group) is 1. The Balaban J connectivity index is 1.87. The molecule has 0 fully saturated rings. The van der Waals surface area contributed by atoms with E-state index in [0.717, 1.165) is 10.0 Å². The summed E-state index contributed by atoms with van der Waals surface area (Å²) in [6.45, 7) is 2.32. The van der Waals surface area contributed by atoms with Gasteiger partial charge < -0.3 is 10.0 Å². The van der Waals surface area contributed by atoms with Gasteiger partial charge in [-0.2, -0.15) is 0 Å². The lowest BCUT2D eigenvalue weighted by Gasteiger charge is -2.34. The highest BCUT2D eigenvalue weighted by molar-refractivity contribution is 9.10. The SMILES string of the molecule is CCN1C(=O)[C@@](O)([C@H]2CCc3ccccc3C2=O)c2cc(Br)ccc21. The molecule has 2 aromatic rings. The Morgan fingerprint density at radius 2 is 2.00 bits per heavy atom. The summed E-state index contributed by atoms with van der Waals surface area (Å²) in [5, 5.41) is 11.5. The van der Waals surface area contributed by atoms with Crippen LogP contribution in [0.15, 0.2) is 46.9 Å². The van der Waals surface area contributed by atoms with E-state index in [1.807, 2.05) is 37.3 Å². The van der Waals surface area contributed by atoms with Crippen LogP contribution in [0.1, 0.15) is 34.8 Å². The molecule has 0 spiro atoms. The highest BCUT2D eigenvalue weighted by Crippen LogP contribution is 2.48. The number of rotatable bonds is 2. The van der Waals surface area contributed by atoms with Crippen LogP contribution in [0.25, 0.3) is 0 Å². The fraction of sp³-hybridized carbons (Fsp3) is 0.300. The molecule has 128 valence electrons. The number of carbonyl (C=O) groups excluding carboxylic acids is 2. The molecule has 0 aromatic heterocycles. The van der Waals surface area contributed by atoms with E-state index in [-0.39, 0.29) is 5.78 Å². The summed E-state index contributed by atoms with van der Waals surface area (Å²) in [5.74, 6) is -1.32. The fourth-order valence-electron chi connectivity index (χ4n) is 4.13. The fourth-order valence-corrected chi connectivity index (χ4v) is 4.49. The van der Waals surface area contributed by atoms with Crippen molar-refractivity contribution in [2.24, 2.45) is 5.92 Å². The minimum Gasteiger partial charge on any atom is -0.375 e. The van der Waals surface area contributed by atoms with Gasteiger partial charge in [0.1, 0.15) is 0 Å². The standard InChI is InChI=1S/C20H18BrNO3/c1-2-22-17-10-8-13(21)11-16(17)20(25,19(22)24)15-9-7-12-5-3-4-6-14(12)18(15)23/h3-6,8,10-11,15,25H,2,7,9H2,1H3/t15-,20+/m0/s1. The van der Waals surface area contributed by atoms with Crippen molar-refractivity contribution in [1.82, 2.24) is 0 Å². The molecule has 5 heteroatoms. The third kappa shape index (κ3) is 2.22. The Labute approximate surface area is 154 Å². The van der Waals surface area contributed by atoms with E-state index in [4.69, 9.17) is 0 Å². The number of fused-ring (bicyclic) bond motifs is 2. The summed E-state index contributed by atoms with van der Waals surface area (Å²) in [4.78, 5) is 27.8. The van der Waals surface area contributed by atoms with E-state index in [1.165, 1.54) is 0 Å². The number of aryl methyl sites for hydroxylation is 1. The molecule has 1 amide bonds. The quantitative estimate of drug-likeness (QED) is 0.840. The van der Waals surface area contributed by atoms with Gasteiger partial charge in [-0.25, -0.2) is 0 Å². The van der Waals surface area contributed by atoms with Crippen molar-refractivity contribution in [3.05, 3.63) is 63.6 Å². The van der Waals surface area contributed by atoms with Crippen molar-refractivity contribution >= 4 is 33.3 Å². The zero-order chi connectivity index (χ0) is 17.8. The number of amides is 1. The van der Waals surface area contributed by atoms with Crippen LogP contribution in [-0.2, 0) is 16.8 Å². The van der Waals surface area contributed by atoms with Crippen molar-refractivity contribution in [3.63, 3.8) is 0 Å². The monoisotopic (exact) mass is 399 g/mol. The molecule has 0 saturated heterocycles. The lowest BCUT2D eigenvalue weighted by molar-refractivity contribution is -0.140. The average Bonchev–Trinajstić information content (AvgIpc) is 2.83. The first-order valence-corrected chi connectivity index (χ1v) is 9.24. The molecule has 4 nitrogen and oxygen atoms in total. The first-order valence-electron chi connectivity index (χ1n) is 8.45. The molecular formula is C20H18BrNO3. The Morgan fingerprint density at radius 3 is 2.76 bits per heavy atom. The molecule has 0 unspecified atom stereocenters. The highest BCUT2D eigenvalue weighted by Gasteiger charge is 2.57. The topological polar surface area (TPSA) is 57.6 Å². The summed E-state index contributed by atoms with van der Waals surface area (Å²) in [7, 11) is 0. The van der Waals surface area contributed by atoms with Crippen molar-refractivity contribution in [1.29, 1.82) is 0 Å². The van der Waals surface area contributed by atoms with Gasteiger partial charge in [0.2, 0.25) is 0 Å². The molecular weight excluding hydrogens is 382 g/mol. The maximum absolute atomic E-state index is 13.1. The van der Waals surface area contributed by atoms with Crippen molar-refractivity contribution in [3.8, 4) is 0 Å². The minimum atomic E-state index is -1.81. The number of aliphatic hydroxyl groups is 1. The van der Waals surface area contributed by atoms with Crippen LogP contribution < -0.4 is 4.90 Å². The second kappa shape index (κ2) is 5.78. The lowest BCUT2D eigenvalue weighted by atomic mass is 9.71. The average molecular weight is 400 g/mol. The predicted molar refractivity (Wildman–Crippen MR) is 98.6 cm³/mol. The van der Waals surface area contributed by atoms with E-state index < -0.39 is 17.4 Å². The largest absolute Gasteiger partial charge is 0.375 e. The molecule has 1 heterocycles. The molecule has 4 rings (SSSR count). The zero-order valence-corrected chi connectivity index (χ0v) is 15.4. The predicted octanol–water partition coefficient (Wildman–Crippen LogP) is 3.45. The Bertz CT molecular complexity index is 894. The van der Waals surface area contributed by atoms with Gasteiger partial charge >= 0.3 is 0 Å². The van der Waals surface area contributed by atoms with E-state index in [2.05, 4.69) is 15.9 Å². The number of nitrogens with zero attached hydrogens (tertiary/aromatic N) is 1. The molecule has 1 N–H and O–H groups in total. The zero-order valence-electron chi connectivity index (χ0n) is 13.8. The van der Waals surface area contributed by atoms with Gasteiger partial charge in [0.05, 0.1) is 11.6 Å². The van der Waals surface area contributed by atoms with Crippen LogP contribution in [0.2, 0.25) is 0 Å². The molecule has 1 aliphatic carbocycles. The first-order chi connectivity index (χ1) is 12.0. The van der Waals surface area contributed by atoms with Gasteiger partial charge in [0.25, 0.3) is 5.91 Å². The number of benzene rings is 2. The summed E-state index contributed by atoms with van der Waals surface area (Å²) >= 11 is 3.42. The maximum Gasteiger partial charge on any atom is 0.264 e. The van der Waals surface area contributed by atoms with Gasteiger partial charge in [-0.05, 0) is 43.5 Å². The van der Waals surface area contributed by atoms with Crippen LogP contribution >= 0.6 is 15.9 Å². The third-order valence-corrected chi connectivity index (χ3v) is 5.85. The van der Waals surface area contributed by atoms with Crippen molar-refractivity contribution in [2.45, 2.75) is 25.4 Å². The molecule has 0 radical (unpaired) electrons. The minimum absolute atomic E-state index is 0.151. The van der Waals surface area contributed by atoms with E-state index in [0.29, 0.717) is 36.2 Å². The summed E-state index contributed by atoms with van der Waals surface area (Å²) in [5.41, 5.74) is 1.00. The number of Topliss-reactive ketones (excluding diaryl/α,β-unsaturated/α-hetero) is 1. The summed E-state index contributed by atoms with van der Waals surface area (Å²) in [6, 6.07) is 12.9. The molecule has 2 atom stereocenters. The Morgan fingerprint density at radius 1 is 1.24 bits per heavy atom. The highest BCUT2D eigenvalue weighted by atomic mass is 79.9. The molecule has 1 aliphatic heterocycles. The third-order valence-electron chi connectivity index (χ3n) is 5.35. The van der Waals surface area contributed by atoms with Gasteiger partial charge in [-0.15, -0.1) is 0 Å². The molecule has 0 saturated carbocycles. The summed E-state index contributed by atoms with van der Waals surface area (Å²) in [6.07, 6.45) is 1.14. The number of halogens is 1. The molecule has 0 bridgehead atoms. The molecule has 25 heavy (non-hydrogen) atoms. The van der Waals surface area contributed by atoms with Gasteiger partial charge in [0, 0.05) is 22.1 Å². The summed E-state index contributed by atoms with van der Waals surface area (Å²) < 4.78 is 0.777. The normalized spacial score (nSPS) is 25.1. The smallest absolute Gasteiger partial charge is 0.264 e. The van der Waals surface area contributed by atoms with E-state index >= 15 is 0 Å². The maximum atomic E-state index is 13.1. The van der Waals surface area contributed by atoms with Gasteiger partial charge in [0.15, 0.2) is 11.4 Å². The Hall–Kier alpha value is -1.98. The number of hydrogen-bond acceptors (Lipinski definition) is 3. The van der Waals surface area contributed by atoms with Gasteiger partial charge in [-0.1, -0.05) is 40.2 Å². The number of anilines is 1. The van der Waals surface area contributed by atoms with Crippen molar-refractivity contribution in [2.75, 3.05) is 11.4 Å². The van der Waals surface area contributed by atoms with E-state index in [1.54, 1.807) is 17.0 Å². The van der Waals surface area contributed by atoms with Gasteiger partial charge in [-0.3, -0.25) is 9.59 Å². The molecule has 2 aliphatic rings. The second-order valence-electron chi connectivity index (χ2n) is 6.59. The van der Waals surface area contributed by atoms with Crippen LogP contribution in [-0.4, -0.2) is 23.3 Å².